The quantitative estimate of drug-likeness (QED) is 0.517. The van der Waals surface area contributed by atoms with E-state index in [1.807, 2.05) is 13.8 Å². The summed E-state index contributed by atoms with van der Waals surface area (Å²) in [4.78, 5) is 14.0. The van der Waals surface area contributed by atoms with Crippen LogP contribution in [0.2, 0.25) is 0 Å². The minimum absolute atomic E-state index is 0.142. The lowest BCUT2D eigenvalue weighted by Gasteiger charge is -2.29. The topological polar surface area (TPSA) is 29.5 Å². The highest BCUT2D eigenvalue weighted by Crippen LogP contribution is 2.26. The Labute approximate surface area is 117 Å². The van der Waals surface area contributed by atoms with Crippen LogP contribution in [-0.4, -0.2) is 24.5 Å². The Bertz CT molecular complexity index is 358. The van der Waals surface area contributed by atoms with E-state index in [9.17, 15) is 4.79 Å². The lowest BCUT2D eigenvalue weighted by atomic mass is 9.96. The molecule has 0 bridgehead atoms. The summed E-state index contributed by atoms with van der Waals surface area (Å²) in [6, 6.07) is 0. The molecular weight excluding hydrogens is 238 g/mol. The number of methoxy groups -OCH3 is 1. The van der Waals surface area contributed by atoms with Gasteiger partial charge in [-0.25, -0.2) is 4.79 Å². The molecule has 0 aliphatic carbocycles. The Morgan fingerprint density at radius 1 is 1.32 bits per heavy atom. The number of allylic oxidation sites excluding steroid dienone is 2. The fourth-order valence-electron chi connectivity index (χ4n) is 2.50. The van der Waals surface area contributed by atoms with Crippen LogP contribution in [0.1, 0.15) is 52.9 Å². The summed E-state index contributed by atoms with van der Waals surface area (Å²) < 4.78 is 4.88. The van der Waals surface area contributed by atoms with Gasteiger partial charge in [0.15, 0.2) is 0 Å². The number of nitrogens with zero attached hydrogens (tertiary/aromatic N) is 1. The minimum Gasteiger partial charge on any atom is -0.466 e. The van der Waals surface area contributed by atoms with E-state index < -0.39 is 0 Å². The predicted molar refractivity (Wildman–Crippen MR) is 78.5 cm³/mol. The normalized spacial score (nSPS) is 18.9. The first-order valence-corrected chi connectivity index (χ1v) is 7.35. The van der Waals surface area contributed by atoms with Gasteiger partial charge in [0, 0.05) is 24.4 Å². The number of carbonyl (C=O) groups excluding carboxylic acids is 1. The zero-order valence-electron chi connectivity index (χ0n) is 12.7. The number of hydrogen-bond donors (Lipinski definition) is 0. The smallest absolute Gasteiger partial charge is 0.336 e. The number of unbranched alkanes of at least 4 members (excludes halogenated alkanes) is 4. The van der Waals surface area contributed by atoms with Gasteiger partial charge in [-0.2, -0.15) is 0 Å². The SMILES string of the molecule is CCCCCCCN1C=CC(C)C(C(=O)OC)=C1C. The highest BCUT2D eigenvalue weighted by molar-refractivity contribution is 5.90. The molecule has 0 spiro atoms. The monoisotopic (exact) mass is 265 g/mol. The maximum Gasteiger partial charge on any atom is 0.336 e. The lowest BCUT2D eigenvalue weighted by Crippen LogP contribution is -2.26. The first-order chi connectivity index (χ1) is 9.11. The van der Waals surface area contributed by atoms with E-state index in [1.165, 1.54) is 39.2 Å². The maximum atomic E-state index is 11.8. The summed E-state index contributed by atoms with van der Waals surface area (Å²) in [6.07, 6.45) is 10.5. The molecule has 0 saturated carbocycles. The van der Waals surface area contributed by atoms with Crippen LogP contribution in [0.15, 0.2) is 23.5 Å². The van der Waals surface area contributed by atoms with Gasteiger partial charge < -0.3 is 9.64 Å². The Morgan fingerprint density at radius 3 is 2.63 bits per heavy atom. The van der Waals surface area contributed by atoms with Gasteiger partial charge in [-0.15, -0.1) is 0 Å². The van der Waals surface area contributed by atoms with Crippen LogP contribution in [0.3, 0.4) is 0 Å². The molecule has 1 rings (SSSR count). The second-order valence-electron chi connectivity index (χ2n) is 5.23. The molecule has 3 heteroatoms. The Kier molecular flexibility index (Phi) is 6.68. The van der Waals surface area contributed by atoms with Gasteiger partial charge >= 0.3 is 5.97 Å². The van der Waals surface area contributed by atoms with Gasteiger partial charge in [0.25, 0.3) is 0 Å². The molecule has 0 saturated heterocycles. The molecule has 1 heterocycles. The van der Waals surface area contributed by atoms with Crippen molar-refractivity contribution < 1.29 is 9.53 Å². The molecule has 0 radical (unpaired) electrons. The van der Waals surface area contributed by atoms with Crippen molar-refractivity contribution in [2.75, 3.05) is 13.7 Å². The third-order valence-electron chi connectivity index (χ3n) is 3.74. The molecule has 3 nitrogen and oxygen atoms in total. The van der Waals surface area contributed by atoms with Crippen molar-refractivity contribution in [3.8, 4) is 0 Å². The molecule has 0 aromatic heterocycles. The Morgan fingerprint density at radius 2 is 2.00 bits per heavy atom. The number of ether oxygens (including phenoxy) is 1. The first-order valence-electron chi connectivity index (χ1n) is 7.35. The molecule has 1 atom stereocenters. The largest absolute Gasteiger partial charge is 0.466 e. The van der Waals surface area contributed by atoms with Crippen molar-refractivity contribution in [2.24, 2.45) is 5.92 Å². The van der Waals surface area contributed by atoms with Crippen molar-refractivity contribution in [3.63, 3.8) is 0 Å². The minimum atomic E-state index is -0.203. The van der Waals surface area contributed by atoms with Crippen molar-refractivity contribution in [1.29, 1.82) is 0 Å². The van der Waals surface area contributed by atoms with E-state index in [1.54, 1.807) is 0 Å². The van der Waals surface area contributed by atoms with Gasteiger partial charge in [0.1, 0.15) is 0 Å². The molecule has 0 amide bonds. The number of hydrogen-bond acceptors (Lipinski definition) is 3. The molecule has 0 aromatic rings. The summed E-state index contributed by atoms with van der Waals surface area (Å²) in [5.41, 5.74) is 1.83. The predicted octanol–water partition coefficient (Wildman–Crippen LogP) is 3.87. The van der Waals surface area contributed by atoms with Gasteiger partial charge in [0.05, 0.1) is 12.7 Å². The molecule has 19 heavy (non-hydrogen) atoms. The Hall–Kier alpha value is -1.25. The van der Waals surface area contributed by atoms with Gasteiger partial charge in [-0.1, -0.05) is 45.6 Å². The molecule has 0 aromatic carbocycles. The van der Waals surface area contributed by atoms with Crippen molar-refractivity contribution in [1.82, 2.24) is 4.90 Å². The van der Waals surface area contributed by atoms with Crippen LogP contribution in [0.5, 0.6) is 0 Å². The molecule has 0 fully saturated rings. The fraction of sp³-hybridized carbons (Fsp3) is 0.688. The van der Waals surface area contributed by atoms with E-state index in [0.29, 0.717) is 0 Å². The lowest BCUT2D eigenvalue weighted by molar-refractivity contribution is -0.136. The molecule has 1 aliphatic rings. The Balaban J connectivity index is 2.57. The highest BCUT2D eigenvalue weighted by Gasteiger charge is 2.24. The number of carbonyl (C=O) groups is 1. The molecular formula is C16H27NO2. The fourth-order valence-corrected chi connectivity index (χ4v) is 2.50. The van der Waals surface area contributed by atoms with E-state index in [-0.39, 0.29) is 11.9 Å². The number of rotatable bonds is 7. The summed E-state index contributed by atoms with van der Waals surface area (Å²) in [6.45, 7) is 7.26. The average molecular weight is 265 g/mol. The maximum absolute atomic E-state index is 11.8. The van der Waals surface area contributed by atoms with E-state index >= 15 is 0 Å². The summed E-state index contributed by atoms with van der Waals surface area (Å²) in [5, 5.41) is 0. The zero-order chi connectivity index (χ0) is 14.3. The third-order valence-corrected chi connectivity index (χ3v) is 3.74. The molecule has 108 valence electrons. The summed E-state index contributed by atoms with van der Waals surface area (Å²) in [7, 11) is 1.45. The molecule has 0 N–H and O–H groups in total. The van der Waals surface area contributed by atoms with E-state index in [4.69, 9.17) is 4.74 Å². The average Bonchev–Trinajstić information content (AvgIpc) is 2.40. The van der Waals surface area contributed by atoms with E-state index in [2.05, 4.69) is 24.1 Å². The van der Waals surface area contributed by atoms with Crippen LogP contribution < -0.4 is 0 Å². The second kappa shape index (κ2) is 8.03. The number of esters is 1. The third kappa shape index (κ3) is 4.41. The van der Waals surface area contributed by atoms with Crippen LogP contribution in [0.4, 0.5) is 0 Å². The van der Waals surface area contributed by atoms with Crippen molar-refractivity contribution in [3.05, 3.63) is 23.5 Å². The first kappa shape index (κ1) is 15.8. The second-order valence-corrected chi connectivity index (χ2v) is 5.23. The van der Waals surface area contributed by atoms with Gasteiger partial charge in [-0.05, 0) is 13.3 Å². The zero-order valence-corrected chi connectivity index (χ0v) is 12.7. The van der Waals surface area contributed by atoms with Crippen LogP contribution in [0.25, 0.3) is 0 Å². The molecule has 1 unspecified atom stereocenters. The van der Waals surface area contributed by atoms with E-state index in [0.717, 1.165) is 17.8 Å². The van der Waals surface area contributed by atoms with Crippen LogP contribution in [0, 0.1) is 5.92 Å². The van der Waals surface area contributed by atoms with Crippen LogP contribution in [-0.2, 0) is 9.53 Å². The summed E-state index contributed by atoms with van der Waals surface area (Å²) in [5.74, 6) is -0.0610. The van der Waals surface area contributed by atoms with Crippen molar-refractivity contribution >= 4 is 5.97 Å². The standard InChI is InChI=1S/C16H27NO2/c1-5-6-7-8-9-11-17-12-10-13(2)15(14(17)3)16(18)19-4/h10,12-13H,5-9,11H2,1-4H3. The van der Waals surface area contributed by atoms with Crippen molar-refractivity contribution in [2.45, 2.75) is 52.9 Å². The van der Waals surface area contributed by atoms with Gasteiger partial charge in [0.2, 0.25) is 0 Å². The summed E-state index contributed by atoms with van der Waals surface area (Å²) >= 11 is 0. The van der Waals surface area contributed by atoms with Crippen LogP contribution >= 0.6 is 0 Å². The molecule has 1 aliphatic heterocycles. The van der Waals surface area contributed by atoms with Gasteiger partial charge in [-0.3, -0.25) is 0 Å². The highest BCUT2D eigenvalue weighted by atomic mass is 16.5.